The van der Waals surface area contributed by atoms with E-state index in [4.69, 9.17) is 35.3 Å². The van der Waals surface area contributed by atoms with E-state index >= 15 is 4.39 Å². The number of phenolic OH excluding ortho intramolecular Hbond substituents is 1. The average Bonchev–Trinajstić information content (AvgIpc) is 3.35. The Hall–Kier alpha value is -4.67. The van der Waals surface area contributed by atoms with E-state index in [0.717, 1.165) is 32.1 Å². The second-order valence-corrected chi connectivity index (χ2v) is 15.8. The van der Waals surface area contributed by atoms with Crippen LogP contribution in [0, 0.1) is 23.6 Å². The molecule has 0 bridgehead atoms. The molecule has 5 heterocycles. The Morgan fingerprint density at radius 1 is 1.20 bits per heavy atom. The zero-order valence-electron chi connectivity index (χ0n) is 31.2. The highest BCUT2D eigenvalue weighted by Crippen LogP contribution is 2.48. The van der Waals surface area contributed by atoms with E-state index in [9.17, 15) is 14.3 Å². The Morgan fingerprint density at radius 2 is 2.00 bits per heavy atom. The molecule has 2 unspecified atom stereocenters. The van der Waals surface area contributed by atoms with E-state index in [0.29, 0.717) is 67.2 Å². The Bertz CT molecular complexity index is 1940. The van der Waals surface area contributed by atoms with Crippen LogP contribution in [-0.4, -0.2) is 95.7 Å². The third kappa shape index (κ3) is 7.26. The standard InChI is InChI=1S/C41H49F2N5O6/c1-6-30-32(43)12-11-25-18-29(49)19-31(35(25)30)33-23-52-36-37(47-15-9-8-10-27(22-47)44-34(50)7-2)45-39(46-38(36)54-33)53-24-41(40(3,4)5)20-26(42)21-48(41)28-13-16-51-17-14-28/h1,7,11-12,18-19,26-28,33,49H,2,8-10,13-17,20-24H2,3-5H3,(H,44,50)/t26-,27?,33?,41+/m1/s1. The molecule has 0 radical (unpaired) electrons. The summed E-state index contributed by atoms with van der Waals surface area (Å²) >= 11 is 0. The van der Waals surface area contributed by atoms with E-state index in [1.54, 1.807) is 6.07 Å². The van der Waals surface area contributed by atoms with Crippen LogP contribution in [0.15, 0.2) is 36.9 Å². The van der Waals surface area contributed by atoms with Crippen LogP contribution in [0.1, 0.15) is 76.5 Å². The maximum Gasteiger partial charge on any atom is 0.322 e. The second kappa shape index (κ2) is 15.2. The van der Waals surface area contributed by atoms with Crippen molar-refractivity contribution in [1.29, 1.82) is 0 Å². The lowest BCUT2D eigenvalue weighted by Gasteiger charge is -2.51. The summed E-state index contributed by atoms with van der Waals surface area (Å²) in [5, 5.41) is 14.7. The quantitative estimate of drug-likeness (QED) is 0.210. The summed E-state index contributed by atoms with van der Waals surface area (Å²) in [5.41, 5.74) is -0.570. The predicted molar refractivity (Wildman–Crippen MR) is 200 cm³/mol. The second-order valence-electron chi connectivity index (χ2n) is 15.8. The SMILES string of the molecule is C#Cc1c(F)ccc2cc(O)cc(C3COc4c(nc(OC[C@]5(C(C)(C)C)C[C@@H](F)CN5C5CCOCC5)nc4N4CCCCC(NC(=O)C=C)C4)O3)c12. The van der Waals surface area contributed by atoms with Gasteiger partial charge >= 0.3 is 6.01 Å². The Labute approximate surface area is 315 Å². The fourth-order valence-corrected chi connectivity index (χ4v) is 8.64. The molecule has 4 atom stereocenters. The maximum atomic E-state index is 15.5. The van der Waals surface area contributed by atoms with Crippen LogP contribution in [0.3, 0.4) is 0 Å². The molecule has 1 amide bonds. The van der Waals surface area contributed by atoms with Gasteiger partial charge in [0.15, 0.2) is 11.9 Å². The minimum absolute atomic E-state index is 0.0157. The molecule has 0 spiro atoms. The minimum atomic E-state index is -1.03. The molecular weight excluding hydrogens is 696 g/mol. The molecule has 1 aromatic heterocycles. The fraction of sp³-hybridized carbons (Fsp3) is 0.537. The summed E-state index contributed by atoms with van der Waals surface area (Å²) in [7, 11) is 0. The van der Waals surface area contributed by atoms with Crippen LogP contribution in [-0.2, 0) is 9.53 Å². The number of rotatable bonds is 8. The highest BCUT2D eigenvalue weighted by Gasteiger charge is 2.56. The first-order chi connectivity index (χ1) is 25.9. The molecule has 3 saturated heterocycles. The van der Waals surface area contributed by atoms with Crippen molar-refractivity contribution in [2.24, 2.45) is 5.41 Å². The number of nitrogens with one attached hydrogen (secondary N) is 1. The third-order valence-electron chi connectivity index (χ3n) is 11.5. The number of benzene rings is 2. The number of hydrogen-bond donors (Lipinski definition) is 2. The van der Waals surface area contributed by atoms with Gasteiger partial charge in [0.1, 0.15) is 31.0 Å². The lowest BCUT2D eigenvalue weighted by Crippen LogP contribution is -2.61. The first kappa shape index (κ1) is 37.6. The molecule has 13 heteroatoms. The van der Waals surface area contributed by atoms with Crippen molar-refractivity contribution in [2.75, 3.05) is 51.0 Å². The molecule has 0 saturated carbocycles. The van der Waals surface area contributed by atoms with Crippen LogP contribution < -0.4 is 24.4 Å². The Balaban J connectivity index is 1.28. The van der Waals surface area contributed by atoms with Gasteiger partial charge in [-0.3, -0.25) is 9.69 Å². The number of ether oxygens (including phenoxy) is 4. The summed E-state index contributed by atoms with van der Waals surface area (Å²) in [6.45, 7) is 12.7. The van der Waals surface area contributed by atoms with E-state index in [2.05, 4.69) is 43.5 Å². The number of halogens is 2. The first-order valence-electron chi connectivity index (χ1n) is 18.8. The van der Waals surface area contributed by atoms with Gasteiger partial charge in [0, 0.05) is 62.3 Å². The largest absolute Gasteiger partial charge is 0.508 e. The molecule has 2 N–H and O–H groups in total. The maximum absolute atomic E-state index is 15.5. The van der Waals surface area contributed by atoms with Crippen molar-refractivity contribution in [1.82, 2.24) is 20.2 Å². The van der Waals surface area contributed by atoms with Crippen LogP contribution in [0.5, 0.6) is 23.4 Å². The van der Waals surface area contributed by atoms with Gasteiger partial charge < -0.3 is 34.3 Å². The molecular formula is C41H49F2N5O6. The van der Waals surface area contributed by atoms with E-state index in [-0.39, 0.29) is 59.8 Å². The van der Waals surface area contributed by atoms with Crippen LogP contribution in [0.25, 0.3) is 10.8 Å². The third-order valence-corrected chi connectivity index (χ3v) is 11.5. The molecule has 2 aromatic carbocycles. The van der Waals surface area contributed by atoms with Crippen LogP contribution in [0.2, 0.25) is 0 Å². The summed E-state index contributed by atoms with van der Waals surface area (Å²) in [6.07, 6.45) is 9.57. The van der Waals surface area contributed by atoms with E-state index < -0.39 is 23.6 Å². The Morgan fingerprint density at radius 3 is 2.74 bits per heavy atom. The number of aromatic nitrogens is 2. The molecule has 3 fully saturated rings. The number of likely N-dealkylation sites (tertiary alicyclic amines) is 1. The molecule has 54 heavy (non-hydrogen) atoms. The molecule has 4 aliphatic rings. The van der Waals surface area contributed by atoms with Crippen molar-refractivity contribution in [3.63, 3.8) is 0 Å². The fourth-order valence-electron chi connectivity index (χ4n) is 8.64. The number of nitrogens with zero attached hydrogens (tertiary/aromatic N) is 4. The van der Waals surface area contributed by atoms with Gasteiger partial charge in [0.25, 0.3) is 5.88 Å². The lowest BCUT2D eigenvalue weighted by atomic mass is 9.71. The zero-order chi connectivity index (χ0) is 38.2. The molecule has 3 aromatic rings. The summed E-state index contributed by atoms with van der Waals surface area (Å²) in [6, 6.07) is 5.83. The first-order valence-corrected chi connectivity index (χ1v) is 18.8. The molecule has 288 valence electrons. The molecule has 11 nitrogen and oxygen atoms in total. The van der Waals surface area contributed by atoms with Gasteiger partial charge in [-0.2, -0.15) is 9.97 Å². The normalized spacial score (nSPS) is 25.2. The lowest BCUT2D eigenvalue weighted by molar-refractivity contribution is -0.117. The number of phenols is 1. The monoisotopic (exact) mass is 745 g/mol. The van der Waals surface area contributed by atoms with Gasteiger partial charge in [-0.25, -0.2) is 8.78 Å². The van der Waals surface area contributed by atoms with Crippen molar-refractivity contribution >= 4 is 22.5 Å². The number of alkyl halides is 1. The zero-order valence-corrected chi connectivity index (χ0v) is 31.2. The number of anilines is 1. The summed E-state index contributed by atoms with van der Waals surface area (Å²) in [5.74, 6) is 2.40. The van der Waals surface area contributed by atoms with E-state index in [1.165, 1.54) is 24.3 Å². The molecule has 7 rings (SSSR count). The highest BCUT2D eigenvalue weighted by molar-refractivity contribution is 5.93. The molecule has 4 aliphatic heterocycles. The highest BCUT2D eigenvalue weighted by atomic mass is 19.1. The van der Waals surface area contributed by atoms with Crippen LogP contribution >= 0.6 is 0 Å². The number of aromatic hydroxyl groups is 1. The number of fused-ring (bicyclic) bond motifs is 2. The van der Waals surface area contributed by atoms with Gasteiger partial charge in [-0.1, -0.05) is 39.3 Å². The minimum Gasteiger partial charge on any atom is -0.508 e. The van der Waals surface area contributed by atoms with Crippen molar-refractivity contribution in [3.8, 4) is 35.7 Å². The predicted octanol–water partition coefficient (Wildman–Crippen LogP) is 6.02. The number of hydrogen-bond acceptors (Lipinski definition) is 10. The van der Waals surface area contributed by atoms with Crippen molar-refractivity contribution in [3.05, 3.63) is 53.9 Å². The number of carbonyl (C=O) groups is 1. The smallest absolute Gasteiger partial charge is 0.322 e. The van der Waals surface area contributed by atoms with Gasteiger partial charge in [-0.05, 0) is 67.2 Å². The summed E-state index contributed by atoms with van der Waals surface area (Å²) < 4.78 is 55.8. The topological polar surface area (TPSA) is 119 Å². The molecule has 0 aliphatic carbocycles. The van der Waals surface area contributed by atoms with Crippen molar-refractivity contribution in [2.45, 2.75) is 89.2 Å². The van der Waals surface area contributed by atoms with Crippen molar-refractivity contribution < 1.29 is 37.6 Å². The van der Waals surface area contributed by atoms with E-state index in [1.807, 2.05) is 4.90 Å². The van der Waals surface area contributed by atoms with Gasteiger partial charge in [0.05, 0.1) is 11.1 Å². The van der Waals surface area contributed by atoms with Crippen LogP contribution in [0.4, 0.5) is 14.6 Å². The average molecular weight is 746 g/mol. The Kier molecular flexibility index (Phi) is 10.6. The number of terminal acetylenes is 1. The number of amides is 1. The van der Waals surface area contributed by atoms with Gasteiger partial charge in [0.2, 0.25) is 11.7 Å². The number of carbonyl (C=O) groups excluding carboxylic acids is 1. The summed E-state index contributed by atoms with van der Waals surface area (Å²) in [4.78, 5) is 26.3. The van der Waals surface area contributed by atoms with Gasteiger partial charge in [-0.15, -0.1) is 6.42 Å².